The monoisotopic (exact) mass is 337 g/mol. The molecule has 0 radical (unpaired) electrons. The second kappa shape index (κ2) is 6.47. The number of halogens is 2. The zero-order valence-electron chi connectivity index (χ0n) is 13.6. The molecule has 0 saturated carbocycles. The number of benzene rings is 1. The number of hydrogen-bond acceptors (Lipinski definition) is 3. The molecule has 1 atom stereocenters. The summed E-state index contributed by atoms with van der Waals surface area (Å²) in [6.07, 6.45) is -0.606. The maximum Gasteiger partial charge on any atom is 0.303 e. The number of likely N-dealkylation sites (tertiary alicyclic amines) is 1. The van der Waals surface area contributed by atoms with Gasteiger partial charge in [-0.05, 0) is 25.1 Å². The SMILES string of the molecule is Cn1c(CN2CCC(CC(=O)O)C(F)(F)CC2)nc2ccccc21. The largest absolute Gasteiger partial charge is 0.481 e. The van der Waals surface area contributed by atoms with Crippen molar-refractivity contribution >= 4 is 17.0 Å². The zero-order valence-corrected chi connectivity index (χ0v) is 13.6. The topological polar surface area (TPSA) is 58.4 Å². The zero-order chi connectivity index (χ0) is 17.3. The van der Waals surface area contributed by atoms with Crippen LogP contribution in [0.5, 0.6) is 0 Å². The Morgan fingerprint density at radius 3 is 2.83 bits per heavy atom. The first-order valence-electron chi connectivity index (χ1n) is 8.09. The van der Waals surface area contributed by atoms with Crippen LogP contribution >= 0.6 is 0 Å². The van der Waals surface area contributed by atoms with E-state index in [0.717, 1.165) is 16.9 Å². The predicted octanol–water partition coefficient (Wildman–Crippen LogP) is 2.90. The molecule has 0 spiro atoms. The molecule has 0 bridgehead atoms. The van der Waals surface area contributed by atoms with E-state index in [1.807, 2.05) is 40.8 Å². The lowest BCUT2D eigenvalue weighted by molar-refractivity contribution is -0.143. The number of nitrogens with zero attached hydrogens (tertiary/aromatic N) is 3. The number of para-hydroxylation sites is 2. The van der Waals surface area contributed by atoms with E-state index in [0.29, 0.717) is 13.1 Å². The number of carbonyl (C=O) groups is 1. The molecule has 1 aromatic carbocycles. The van der Waals surface area contributed by atoms with Crippen molar-refractivity contribution in [3.63, 3.8) is 0 Å². The van der Waals surface area contributed by atoms with E-state index in [-0.39, 0.29) is 19.4 Å². The van der Waals surface area contributed by atoms with Gasteiger partial charge in [-0.1, -0.05) is 12.1 Å². The Balaban J connectivity index is 1.74. The first-order valence-corrected chi connectivity index (χ1v) is 8.09. The Morgan fingerprint density at radius 1 is 1.38 bits per heavy atom. The number of fused-ring (bicyclic) bond motifs is 1. The van der Waals surface area contributed by atoms with Crippen LogP contribution in [0.3, 0.4) is 0 Å². The van der Waals surface area contributed by atoms with Gasteiger partial charge in [0.1, 0.15) is 5.82 Å². The maximum absolute atomic E-state index is 14.1. The molecule has 2 aromatic rings. The Kier molecular flexibility index (Phi) is 4.54. The van der Waals surface area contributed by atoms with Crippen LogP contribution in [0.4, 0.5) is 8.78 Å². The summed E-state index contributed by atoms with van der Waals surface area (Å²) < 4.78 is 30.3. The minimum absolute atomic E-state index is 0.184. The Morgan fingerprint density at radius 2 is 2.12 bits per heavy atom. The molecule has 0 amide bonds. The number of aliphatic carboxylic acids is 1. The van der Waals surface area contributed by atoms with Crippen molar-refractivity contribution in [2.24, 2.45) is 13.0 Å². The molecule has 130 valence electrons. The van der Waals surface area contributed by atoms with Crippen molar-refractivity contribution in [2.75, 3.05) is 13.1 Å². The molecule has 5 nitrogen and oxygen atoms in total. The molecule has 3 rings (SSSR count). The molecular formula is C17H21F2N3O2. The highest BCUT2D eigenvalue weighted by Crippen LogP contribution is 2.36. The number of rotatable bonds is 4. The van der Waals surface area contributed by atoms with E-state index in [1.54, 1.807) is 0 Å². The minimum atomic E-state index is -2.93. The first kappa shape index (κ1) is 16.8. The lowest BCUT2D eigenvalue weighted by Crippen LogP contribution is -2.30. The fourth-order valence-corrected chi connectivity index (χ4v) is 3.33. The van der Waals surface area contributed by atoms with E-state index in [1.165, 1.54) is 0 Å². The third-order valence-electron chi connectivity index (χ3n) is 4.82. The third kappa shape index (κ3) is 3.40. The molecule has 1 aliphatic heterocycles. The van der Waals surface area contributed by atoms with Crippen LogP contribution in [0, 0.1) is 5.92 Å². The van der Waals surface area contributed by atoms with Crippen LogP contribution in [-0.4, -0.2) is 44.5 Å². The highest BCUT2D eigenvalue weighted by molar-refractivity contribution is 5.75. The summed E-state index contributed by atoms with van der Waals surface area (Å²) in [5.41, 5.74) is 1.90. The van der Waals surface area contributed by atoms with Gasteiger partial charge in [-0.2, -0.15) is 0 Å². The van der Waals surface area contributed by atoms with Crippen LogP contribution in [0.25, 0.3) is 11.0 Å². The predicted molar refractivity (Wildman–Crippen MR) is 85.9 cm³/mol. The fraction of sp³-hybridized carbons (Fsp3) is 0.529. The summed E-state index contributed by atoms with van der Waals surface area (Å²) >= 11 is 0. The van der Waals surface area contributed by atoms with Crippen LogP contribution in [-0.2, 0) is 18.4 Å². The summed E-state index contributed by atoms with van der Waals surface area (Å²) in [4.78, 5) is 17.3. The molecule has 1 unspecified atom stereocenters. The molecule has 0 aliphatic carbocycles. The van der Waals surface area contributed by atoms with E-state index in [2.05, 4.69) is 4.98 Å². The fourth-order valence-electron chi connectivity index (χ4n) is 3.33. The first-order chi connectivity index (χ1) is 11.4. The highest BCUT2D eigenvalue weighted by Gasteiger charge is 2.42. The van der Waals surface area contributed by atoms with Gasteiger partial charge in [-0.25, -0.2) is 13.8 Å². The molecular weight excluding hydrogens is 316 g/mol. The third-order valence-corrected chi connectivity index (χ3v) is 4.82. The van der Waals surface area contributed by atoms with Crippen molar-refractivity contribution < 1.29 is 18.7 Å². The quantitative estimate of drug-likeness (QED) is 0.932. The smallest absolute Gasteiger partial charge is 0.303 e. The van der Waals surface area contributed by atoms with E-state index >= 15 is 0 Å². The number of carboxylic acids is 1. The van der Waals surface area contributed by atoms with Crippen LogP contribution in [0.2, 0.25) is 0 Å². The second-order valence-corrected chi connectivity index (χ2v) is 6.45. The average molecular weight is 337 g/mol. The van der Waals surface area contributed by atoms with Gasteiger partial charge in [0.25, 0.3) is 5.92 Å². The Bertz CT molecular complexity index is 745. The molecule has 7 heteroatoms. The van der Waals surface area contributed by atoms with E-state index in [4.69, 9.17) is 5.11 Å². The summed E-state index contributed by atoms with van der Waals surface area (Å²) in [6.45, 7) is 1.18. The molecule has 1 fully saturated rings. The van der Waals surface area contributed by atoms with Gasteiger partial charge in [0.05, 0.1) is 24.0 Å². The van der Waals surface area contributed by atoms with Gasteiger partial charge in [-0.15, -0.1) is 0 Å². The van der Waals surface area contributed by atoms with Gasteiger partial charge >= 0.3 is 5.97 Å². The molecule has 1 aliphatic rings. The Hall–Kier alpha value is -2.02. The van der Waals surface area contributed by atoms with Crippen LogP contribution in [0.15, 0.2) is 24.3 Å². The van der Waals surface area contributed by atoms with Gasteiger partial charge in [0.2, 0.25) is 0 Å². The average Bonchev–Trinajstić information content (AvgIpc) is 2.77. The minimum Gasteiger partial charge on any atom is -0.481 e. The summed E-state index contributed by atoms with van der Waals surface area (Å²) in [5, 5.41) is 8.85. The molecule has 1 saturated heterocycles. The summed E-state index contributed by atoms with van der Waals surface area (Å²) in [6, 6.07) is 7.77. The number of aryl methyl sites for hydroxylation is 1. The van der Waals surface area contributed by atoms with Gasteiger partial charge < -0.3 is 9.67 Å². The van der Waals surface area contributed by atoms with Crippen LogP contribution < -0.4 is 0 Å². The van der Waals surface area contributed by atoms with Crippen molar-refractivity contribution in [2.45, 2.75) is 31.7 Å². The molecule has 24 heavy (non-hydrogen) atoms. The highest BCUT2D eigenvalue weighted by atomic mass is 19.3. The van der Waals surface area contributed by atoms with E-state index < -0.39 is 24.2 Å². The number of aromatic nitrogens is 2. The number of hydrogen-bond donors (Lipinski definition) is 1. The number of carboxylic acid groups (broad SMARTS) is 1. The van der Waals surface area contributed by atoms with Crippen molar-refractivity contribution in [1.29, 1.82) is 0 Å². The second-order valence-electron chi connectivity index (χ2n) is 6.45. The molecule has 1 aromatic heterocycles. The van der Waals surface area contributed by atoms with E-state index in [9.17, 15) is 13.6 Å². The Labute approximate surface area is 138 Å². The van der Waals surface area contributed by atoms with Crippen molar-refractivity contribution in [1.82, 2.24) is 14.5 Å². The number of imidazole rings is 1. The standard InChI is InChI=1S/C17H21F2N3O2/c1-21-14-5-3-2-4-13(14)20-15(21)11-22-8-6-12(10-16(23)24)17(18,19)7-9-22/h2-5,12H,6-11H2,1H3,(H,23,24). The van der Waals surface area contributed by atoms with Gasteiger partial charge in [-0.3, -0.25) is 9.69 Å². The maximum atomic E-state index is 14.1. The summed E-state index contributed by atoms with van der Waals surface area (Å²) in [7, 11) is 1.92. The van der Waals surface area contributed by atoms with Crippen molar-refractivity contribution in [3.05, 3.63) is 30.1 Å². The number of alkyl halides is 2. The van der Waals surface area contributed by atoms with Gasteiger partial charge in [0.15, 0.2) is 0 Å². The molecule has 2 heterocycles. The van der Waals surface area contributed by atoms with Crippen molar-refractivity contribution in [3.8, 4) is 0 Å². The lowest BCUT2D eigenvalue weighted by Gasteiger charge is -2.22. The summed E-state index contributed by atoms with van der Waals surface area (Å²) in [5.74, 6) is -4.36. The normalized spacial score (nSPS) is 21.7. The van der Waals surface area contributed by atoms with Gasteiger partial charge in [0, 0.05) is 25.9 Å². The lowest BCUT2D eigenvalue weighted by atomic mass is 9.93. The van der Waals surface area contributed by atoms with Crippen LogP contribution in [0.1, 0.15) is 25.1 Å². The molecule has 1 N–H and O–H groups in total.